The smallest absolute Gasteiger partial charge is 0.317 e. The Hall–Kier alpha value is -0.780. The van der Waals surface area contributed by atoms with E-state index in [1.807, 2.05) is 24.0 Å². The van der Waals surface area contributed by atoms with E-state index in [-0.39, 0.29) is 12.1 Å². The van der Waals surface area contributed by atoms with E-state index in [0.29, 0.717) is 0 Å². The van der Waals surface area contributed by atoms with Gasteiger partial charge in [0.15, 0.2) is 0 Å². The molecule has 0 bridgehead atoms. The Bertz CT molecular complexity index is 437. The van der Waals surface area contributed by atoms with Crippen molar-refractivity contribution >= 4 is 29.0 Å². The van der Waals surface area contributed by atoms with Crippen LogP contribution in [0.15, 0.2) is 12.1 Å². The van der Waals surface area contributed by atoms with E-state index < -0.39 is 0 Å². The van der Waals surface area contributed by atoms with Gasteiger partial charge in [0.1, 0.15) is 0 Å². The van der Waals surface area contributed by atoms with Crippen molar-refractivity contribution in [2.24, 2.45) is 0 Å². The Kier molecular flexibility index (Phi) is 5.07. The van der Waals surface area contributed by atoms with Crippen LogP contribution < -0.4 is 5.32 Å². The SMILES string of the molecule is CC(NC(=O)N1CCCN(C)CC1)c1ccc(Cl)s1. The van der Waals surface area contributed by atoms with E-state index in [0.717, 1.165) is 41.8 Å². The van der Waals surface area contributed by atoms with E-state index >= 15 is 0 Å². The third kappa shape index (κ3) is 4.09. The minimum atomic E-state index is 0.00554. The maximum absolute atomic E-state index is 12.2. The van der Waals surface area contributed by atoms with Gasteiger partial charge < -0.3 is 15.1 Å². The van der Waals surface area contributed by atoms with E-state index in [4.69, 9.17) is 11.6 Å². The fraction of sp³-hybridized carbons (Fsp3) is 0.615. The highest BCUT2D eigenvalue weighted by atomic mass is 35.5. The average molecular weight is 302 g/mol. The molecule has 1 saturated heterocycles. The Morgan fingerprint density at radius 2 is 2.16 bits per heavy atom. The molecule has 19 heavy (non-hydrogen) atoms. The van der Waals surface area contributed by atoms with Crippen LogP contribution in [0.25, 0.3) is 0 Å². The molecule has 2 heterocycles. The van der Waals surface area contributed by atoms with Gasteiger partial charge in [-0.25, -0.2) is 4.79 Å². The summed E-state index contributed by atoms with van der Waals surface area (Å²) in [4.78, 5) is 17.5. The van der Waals surface area contributed by atoms with Crippen LogP contribution >= 0.6 is 22.9 Å². The predicted molar refractivity (Wildman–Crippen MR) is 80.0 cm³/mol. The number of likely N-dealkylation sites (N-methyl/N-ethyl adjacent to an activating group) is 1. The number of carbonyl (C=O) groups excluding carboxylic acids is 1. The number of hydrogen-bond donors (Lipinski definition) is 1. The maximum atomic E-state index is 12.2. The standard InChI is InChI=1S/C13H20ClN3OS/c1-10(11-4-5-12(14)19-11)15-13(18)17-7-3-6-16(2)8-9-17/h4-5,10H,3,6-9H2,1-2H3,(H,15,18). The third-order valence-corrected chi connectivity index (χ3v) is 4.78. The summed E-state index contributed by atoms with van der Waals surface area (Å²) in [5.74, 6) is 0. The van der Waals surface area contributed by atoms with Crippen molar-refractivity contribution in [3.63, 3.8) is 0 Å². The molecule has 2 rings (SSSR count). The average Bonchev–Trinajstić information content (AvgIpc) is 2.68. The molecule has 106 valence electrons. The normalized spacial score (nSPS) is 19.0. The van der Waals surface area contributed by atoms with Gasteiger partial charge in [-0.3, -0.25) is 0 Å². The lowest BCUT2D eigenvalue weighted by molar-refractivity contribution is 0.196. The van der Waals surface area contributed by atoms with Crippen LogP contribution in [0, 0.1) is 0 Å². The zero-order chi connectivity index (χ0) is 13.8. The zero-order valence-corrected chi connectivity index (χ0v) is 12.9. The Morgan fingerprint density at radius 3 is 2.84 bits per heavy atom. The summed E-state index contributed by atoms with van der Waals surface area (Å²) < 4.78 is 0.757. The van der Waals surface area contributed by atoms with Gasteiger partial charge in [-0.1, -0.05) is 11.6 Å². The molecule has 1 unspecified atom stereocenters. The van der Waals surface area contributed by atoms with Gasteiger partial charge in [0, 0.05) is 24.5 Å². The minimum absolute atomic E-state index is 0.00554. The second kappa shape index (κ2) is 6.59. The van der Waals surface area contributed by atoms with E-state index in [2.05, 4.69) is 17.3 Å². The van der Waals surface area contributed by atoms with Crippen molar-refractivity contribution in [1.82, 2.24) is 15.1 Å². The molecule has 4 nitrogen and oxygen atoms in total. The molecular weight excluding hydrogens is 282 g/mol. The highest BCUT2D eigenvalue weighted by Gasteiger charge is 2.19. The highest BCUT2D eigenvalue weighted by Crippen LogP contribution is 2.26. The number of urea groups is 1. The molecule has 1 fully saturated rings. The maximum Gasteiger partial charge on any atom is 0.317 e. The van der Waals surface area contributed by atoms with Crippen molar-refractivity contribution in [2.45, 2.75) is 19.4 Å². The first-order chi connectivity index (χ1) is 9.06. The van der Waals surface area contributed by atoms with Gasteiger partial charge in [-0.2, -0.15) is 0 Å². The van der Waals surface area contributed by atoms with Crippen LogP contribution in [-0.2, 0) is 0 Å². The molecule has 1 aromatic heterocycles. The van der Waals surface area contributed by atoms with Crippen LogP contribution in [0.5, 0.6) is 0 Å². The number of halogens is 1. The summed E-state index contributed by atoms with van der Waals surface area (Å²) >= 11 is 7.43. The van der Waals surface area contributed by atoms with Crippen molar-refractivity contribution < 1.29 is 4.79 Å². The molecule has 0 radical (unpaired) electrons. The minimum Gasteiger partial charge on any atom is -0.331 e. The van der Waals surface area contributed by atoms with Crippen molar-refractivity contribution in [3.8, 4) is 0 Å². The first-order valence-corrected chi connectivity index (χ1v) is 7.75. The zero-order valence-electron chi connectivity index (χ0n) is 11.4. The second-order valence-electron chi connectivity index (χ2n) is 4.96. The third-order valence-electron chi connectivity index (χ3n) is 3.37. The summed E-state index contributed by atoms with van der Waals surface area (Å²) in [6.07, 6.45) is 1.03. The fourth-order valence-corrected chi connectivity index (χ4v) is 3.22. The Balaban J connectivity index is 1.89. The van der Waals surface area contributed by atoms with Gasteiger partial charge in [0.25, 0.3) is 0 Å². The molecule has 0 aliphatic carbocycles. The summed E-state index contributed by atoms with van der Waals surface area (Å²) in [6.45, 7) is 5.60. The van der Waals surface area contributed by atoms with Gasteiger partial charge >= 0.3 is 6.03 Å². The summed E-state index contributed by atoms with van der Waals surface area (Å²) in [5.41, 5.74) is 0. The molecular formula is C13H20ClN3OS. The van der Waals surface area contributed by atoms with Crippen LogP contribution in [0.4, 0.5) is 4.79 Å². The Morgan fingerprint density at radius 1 is 1.37 bits per heavy atom. The fourth-order valence-electron chi connectivity index (χ4n) is 2.16. The molecule has 1 aliphatic heterocycles. The number of amides is 2. The number of nitrogens with one attached hydrogen (secondary N) is 1. The first kappa shape index (κ1) is 14.6. The molecule has 1 N–H and O–H groups in total. The van der Waals surface area contributed by atoms with Gasteiger partial charge in [-0.15, -0.1) is 11.3 Å². The number of carbonyl (C=O) groups is 1. The van der Waals surface area contributed by atoms with Crippen molar-refractivity contribution in [1.29, 1.82) is 0 Å². The van der Waals surface area contributed by atoms with E-state index in [9.17, 15) is 4.79 Å². The molecule has 1 aliphatic rings. The number of nitrogens with zero attached hydrogens (tertiary/aromatic N) is 2. The van der Waals surface area contributed by atoms with Crippen LogP contribution in [0.1, 0.15) is 24.3 Å². The van der Waals surface area contributed by atoms with Gasteiger partial charge in [0.2, 0.25) is 0 Å². The molecule has 0 saturated carbocycles. The lowest BCUT2D eigenvalue weighted by Crippen LogP contribution is -2.42. The molecule has 0 spiro atoms. The number of thiophene rings is 1. The molecule has 2 amide bonds. The van der Waals surface area contributed by atoms with E-state index in [1.54, 1.807) is 0 Å². The quantitative estimate of drug-likeness (QED) is 0.912. The molecule has 6 heteroatoms. The van der Waals surface area contributed by atoms with Crippen LogP contribution in [0.3, 0.4) is 0 Å². The Labute approximate surface area is 123 Å². The molecule has 0 aromatic carbocycles. The largest absolute Gasteiger partial charge is 0.331 e. The summed E-state index contributed by atoms with van der Waals surface area (Å²) in [5, 5.41) is 3.04. The lowest BCUT2D eigenvalue weighted by Gasteiger charge is -2.23. The van der Waals surface area contributed by atoms with Crippen LogP contribution in [0.2, 0.25) is 4.34 Å². The van der Waals surface area contributed by atoms with Gasteiger partial charge in [-0.05, 0) is 39.1 Å². The second-order valence-corrected chi connectivity index (χ2v) is 6.70. The van der Waals surface area contributed by atoms with Crippen LogP contribution in [-0.4, -0.2) is 49.1 Å². The summed E-state index contributed by atoms with van der Waals surface area (Å²) in [6, 6.07) is 3.86. The first-order valence-electron chi connectivity index (χ1n) is 6.55. The lowest BCUT2D eigenvalue weighted by atomic mass is 10.3. The summed E-state index contributed by atoms with van der Waals surface area (Å²) in [7, 11) is 2.09. The monoisotopic (exact) mass is 301 g/mol. The highest BCUT2D eigenvalue weighted by molar-refractivity contribution is 7.16. The van der Waals surface area contributed by atoms with E-state index in [1.165, 1.54) is 11.3 Å². The number of hydrogen-bond acceptors (Lipinski definition) is 3. The van der Waals surface area contributed by atoms with Gasteiger partial charge in [0.05, 0.1) is 10.4 Å². The van der Waals surface area contributed by atoms with Crippen molar-refractivity contribution in [3.05, 3.63) is 21.3 Å². The molecule has 1 atom stereocenters. The molecule has 1 aromatic rings. The topological polar surface area (TPSA) is 35.6 Å². The van der Waals surface area contributed by atoms with Crippen molar-refractivity contribution in [2.75, 3.05) is 33.2 Å². The number of rotatable bonds is 2. The predicted octanol–water partition coefficient (Wildman–Crippen LogP) is 2.81.